The van der Waals surface area contributed by atoms with Crippen LogP contribution in [0, 0.1) is 0 Å². The number of rotatable bonds is 3. The first-order chi connectivity index (χ1) is 10.4. The van der Waals surface area contributed by atoms with Gasteiger partial charge < -0.3 is 4.90 Å². The predicted molar refractivity (Wildman–Crippen MR) is 72.5 cm³/mol. The molecule has 1 saturated heterocycles. The third-order valence-electron chi connectivity index (χ3n) is 4.95. The molecule has 1 aromatic rings. The molecule has 2 heterocycles. The van der Waals surface area contributed by atoms with Gasteiger partial charge in [0.25, 0.3) is 12.3 Å². The molecule has 2 aliphatic carbocycles. The van der Waals surface area contributed by atoms with Gasteiger partial charge in [-0.2, -0.15) is 0 Å². The smallest absolute Gasteiger partial charge is 0.282 e. The molecule has 0 aromatic carbocycles. The van der Waals surface area contributed by atoms with Crippen LogP contribution >= 0.6 is 0 Å². The standard InChI is InChI=1S/C15H17F4N3/c16-13(17)12-11(9-1-2-9)20-7-10(21-12)22-6-5-15(18,19)8-14(22)3-4-14/h7,9,13H,1-6,8H2. The third kappa shape index (κ3) is 2.34. The topological polar surface area (TPSA) is 29.0 Å². The summed E-state index contributed by atoms with van der Waals surface area (Å²) in [5.41, 5.74) is -0.490. The van der Waals surface area contributed by atoms with E-state index in [9.17, 15) is 17.6 Å². The van der Waals surface area contributed by atoms with Crippen LogP contribution in [-0.4, -0.2) is 28.0 Å². The minimum absolute atomic E-state index is 0.0890. The van der Waals surface area contributed by atoms with Crippen molar-refractivity contribution in [1.29, 1.82) is 0 Å². The average Bonchev–Trinajstić information content (AvgIpc) is 3.34. The van der Waals surface area contributed by atoms with E-state index in [-0.39, 0.29) is 31.0 Å². The van der Waals surface area contributed by atoms with Gasteiger partial charge in [0.15, 0.2) is 0 Å². The molecule has 0 N–H and O–H groups in total. The van der Waals surface area contributed by atoms with Gasteiger partial charge in [-0.3, -0.25) is 4.98 Å². The molecule has 120 valence electrons. The first-order valence-electron chi connectivity index (χ1n) is 7.71. The summed E-state index contributed by atoms with van der Waals surface area (Å²) in [4.78, 5) is 10.1. The second-order valence-electron chi connectivity index (χ2n) is 6.73. The molecule has 0 atom stereocenters. The van der Waals surface area contributed by atoms with Crippen LogP contribution in [0.1, 0.15) is 62.3 Å². The average molecular weight is 315 g/mol. The molecule has 4 rings (SSSR count). The monoisotopic (exact) mass is 315 g/mol. The second-order valence-corrected chi connectivity index (χ2v) is 6.73. The number of anilines is 1. The Kier molecular flexibility index (Phi) is 2.94. The van der Waals surface area contributed by atoms with E-state index in [1.54, 1.807) is 4.90 Å². The Labute approximate surface area is 125 Å². The van der Waals surface area contributed by atoms with E-state index in [1.165, 1.54) is 6.20 Å². The fourth-order valence-corrected chi connectivity index (χ4v) is 3.49. The zero-order valence-electron chi connectivity index (χ0n) is 12.0. The van der Waals surface area contributed by atoms with E-state index in [4.69, 9.17) is 0 Å². The van der Waals surface area contributed by atoms with Gasteiger partial charge in [-0.15, -0.1) is 0 Å². The number of hydrogen-bond acceptors (Lipinski definition) is 3. The summed E-state index contributed by atoms with van der Waals surface area (Å²) in [5, 5.41) is 0. The van der Waals surface area contributed by atoms with Crippen LogP contribution in [-0.2, 0) is 0 Å². The van der Waals surface area contributed by atoms with E-state index >= 15 is 0 Å². The number of aromatic nitrogens is 2. The molecule has 3 nitrogen and oxygen atoms in total. The zero-order valence-corrected chi connectivity index (χ0v) is 12.0. The van der Waals surface area contributed by atoms with Crippen LogP contribution in [0.25, 0.3) is 0 Å². The van der Waals surface area contributed by atoms with Crippen molar-refractivity contribution in [2.24, 2.45) is 0 Å². The first-order valence-corrected chi connectivity index (χ1v) is 7.71. The maximum Gasteiger partial charge on any atom is 0.282 e. The molecule has 0 amide bonds. The summed E-state index contributed by atoms with van der Waals surface area (Å²) >= 11 is 0. The van der Waals surface area contributed by atoms with Gasteiger partial charge >= 0.3 is 0 Å². The molecule has 1 aromatic heterocycles. The SMILES string of the molecule is FC(F)c1nc(N2CCC(F)(F)CC23CC3)cnc1C1CC1. The van der Waals surface area contributed by atoms with Gasteiger partial charge in [-0.1, -0.05) is 0 Å². The Balaban J connectivity index is 1.67. The predicted octanol–water partition coefficient (Wildman–Crippen LogP) is 4.06. The highest BCUT2D eigenvalue weighted by Gasteiger charge is 2.57. The normalized spacial score (nSPS) is 25.8. The minimum atomic E-state index is -2.68. The number of hydrogen-bond donors (Lipinski definition) is 0. The highest BCUT2D eigenvalue weighted by molar-refractivity contribution is 5.46. The van der Waals surface area contributed by atoms with Crippen LogP contribution in [0.5, 0.6) is 0 Å². The summed E-state index contributed by atoms with van der Waals surface area (Å²) in [6.45, 7) is 0.146. The Morgan fingerprint density at radius 3 is 2.50 bits per heavy atom. The van der Waals surface area contributed by atoms with Crippen molar-refractivity contribution in [3.05, 3.63) is 17.6 Å². The Morgan fingerprint density at radius 1 is 1.18 bits per heavy atom. The van der Waals surface area contributed by atoms with E-state index in [1.807, 2.05) is 0 Å². The van der Waals surface area contributed by atoms with Gasteiger partial charge in [0.1, 0.15) is 11.5 Å². The lowest BCUT2D eigenvalue weighted by Crippen LogP contribution is -2.49. The number of nitrogens with zero attached hydrogens (tertiary/aromatic N) is 3. The van der Waals surface area contributed by atoms with Crippen molar-refractivity contribution in [3.63, 3.8) is 0 Å². The van der Waals surface area contributed by atoms with Crippen molar-refractivity contribution in [2.45, 2.75) is 62.3 Å². The fourth-order valence-electron chi connectivity index (χ4n) is 3.49. The van der Waals surface area contributed by atoms with Crippen LogP contribution in [0.4, 0.5) is 23.4 Å². The molecule has 0 bridgehead atoms. The number of halogens is 4. The molecular weight excluding hydrogens is 298 g/mol. The molecular formula is C15H17F4N3. The molecule has 7 heteroatoms. The third-order valence-corrected chi connectivity index (χ3v) is 4.95. The van der Waals surface area contributed by atoms with Crippen LogP contribution in [0.3, 0.4) is 0 Å². The molecule has 2 saturated carbocycles. The Bertz CT molecular complexity index is 596. The Hall–Kier alpha value is -1.40. The van der Waals surface area contributed by atoms with E-state index in [0.717, 1.165) is 12.8 Å². The minimum Gasteiger partial charge on any atom is -0.349 e. The highest BCUT2D eigenvalue weighted by Crippen LogP contribution is 2.54. The molecule has 1 spiro atoms. The van der Waals surface area contributed by atoms with Crippen molar-refractivity contribution >= 4 is 5.82 Å². The van der Waals surface area contributed by atoms with Gasteiger partial charge in [-0.05, 0) is 25.7 Å². The quantitative estimate of drug-likeness (QED) is 0.788. The van der Waals surface area contributed by atoms with Gasteiger partial charge in [0, 0.05) is 30.8 Å². The Morgan fingerprint density at radius 2 is 1.91 bits per heavy atom. The van der Waals surface area contributed by atoms with Crippen molar-refractivity contribution in [1.82, 2.24) is 9.97 Å². The number of piperidine rings is 1. The lowest BCUT2D eigenvalue weighted by molar-refractivity contribution is -0.0375. The summed E-state index contributed by atoms with van der Waals surface area (Å²) in [6, 6.07) is 0. The van der Waals surface area contributed by atoms with Crippen molar-refractivity contribution < 1.29 is 17.6 Å². The van der Waals surface area contributed by atoms with Gasteiger partial charge in [0.05, 0.1) is 11.9 Å². The molecule has 0 radical (unpaired) electrons. The van der Waals surface area contributed by atoms with E-state index < -0.39 is 17.9 Å². The van der Waals surface area contributed by atoms with Crippen LogP contribution in [0.2, 0.25) is 0 Å². The fraction of sp³-hybridized carbons (Fsp3) is 0.733. The van der Waals surface area contributed by atoms with Crippen LogP contribution < -0.4 is 4.90 Å². The van der Waals surface area contributed by atoms with Gasteiger partial charge in [0.2, 0.25) is 0 Å². The largest absolute Gasteiger partial charge is 0.349 e. The summed E-state index contributed by atoms with van der Waals surface area (Å²) < 4.78 is 53.8. The van der Waals surface area contributed by atoms with Crippen LogP contribution in [0.15, 0.2) is 6.20 Å². The molecule has 3 aliphatic rings. The van der Waals surface area contributed by atoms with E-state index in [2.05, 4.69) is 9.97 Å². The number of alkyl halides is 4. The lowest BCUT2D eigenvalue weighted by atomic mass is 9.96. The molecule has 1 aliphatic heterocycles. The maximum atomic E-state index is 13.6. The van der Waals surface area contributed by atoms with Gasteiger partial charge in [-0.25, -0.2) is 22.5 Å². The van der Waals surface area contributed by atoms with Crippen molar-refractivity contribution in [3.8, 4) is 0 Å². The summed E-state index contributed by atoms with van der Waals surface area (Å²) in [6.07, 6.45) is 1.41. The summed E-state index contributed by atoms with van der Waals surface area (Å²) in [5.74, 6) is -2.25. The summed E-state index contributed by atoms with van der Waals surface area (Å²) in [7, 11) is 0. The zero-order chi connectivity index (χ0) is 15.5. The molecule has 0 unspecified atom stereocenters. The second kappa shape index (κ2) is 4.55. The molecule has 3 fully saturated rings. The first kappa shape index (κ1) is 14.2. The highest BCUT2D eigenvalue weighted by atomic mass is 19.3. The molecule has 22 heavy (non-hydrogen) atoms. The van der Waals surface area contributed by atoms with E-state index in [0.29, 0.717) is 24.4 Å². The lowest BCUT2D eigenvalue weighted by Gasteiger charge is -2.40. The maximum absolute atomic E-state index is 13.6. The van der Waals surface area contributed by atoms with Crippen molar-refractivity contribution in [2.75, 3.05) is 11.4 Å².